The molecule has 3 N–H and O–H groups in total. The van der Waals surface area contributed by atoms with Crippen LogP contribution >= 0.6 is 11.3 Å². The highest BCUT2D eigenvalue weighted by molar-refractivity contribution is 7.12. The SMILES string of the molecule is Cc1cc(CNCC2CCC(N)C2)sc1C. The lowest BCUT2D eigenvalue weighted by molar-refractivity contribution is 0.484. The van der Waals surface area contributed by atoms with Crippen molar-refractivity contribution in [1.29, 1.82) is 0 Å². The minimum Gasteiger partial charge on any atom is -0.328 e. The van der Waals surface area contributed by atoms with Crippen LogP contribution in [0, 0.1) is 19.8 Å². The Morgan fingerprint density at radius 3 is 2.81 bits per heavy atom. The van der Waals surface area contributed by atoms with E-state index in [-0.39, 0.29) is 0 Å². The first-order valence-corrected chi connectivity index (χ1v) is 6.99. The molecule has 16 heavy (non-hydrogen) atoms. The average Bonchev–Trinajstić information content (AvgIpc) is 2.75. The highest BCUT2D eigenvalue weighted by Gasteiger charge is 2.20. The molecule has 1 aliphatic carbocycles. The number of aryl methyl sites for hydroxylation is 2. The van der Waals surface area contributed by atoms with Crippen molar-refractivity contribution in [3.63, 3.8) is 0 Å². The Kier molecular flexibility index (Phi) is 4.00. The molecular weight excluding hydrogens is 216 g/mol. The van der Waals surface area contributed by atoms with Gasteiger partial charge in [-0.25, -0.2) is 0 Å². The van der Waals surface area contributed by atoms with Crippen molar-refractivity contribution >= 4 is 11.3 Å². The van der Waals surface area contributed by atoms with Gasteiger partial charge in [0.05, 0.1) is 0 Å². The molecule has 2 atom stereocenters. The maximum atomic E-state index is 5.91. The molecule has 3 heteroatoms. The molecule has 90 valence electrons. The summed E-state index contributed by atoms with van der Waals surface area (Å²) in [5.74, 6) is 0.803. The summed E-state index contributed by atoms with van der Waals surface area (Å²) >= 11 is 1.91. The fourth-order valence-electron chi connectivity index (χ4n) is 2.44. The van der Waals surface area contributed by atoms with Gasteiger partial charge in [-0.05, 0) is 57.2 Å². The number of rotatable bonds is 4. The zero-order chi connectivity index (χ0) is 11.5. The summed E-state index contributed by atoms with van der Waals surface area (Å²) in [6.07, 6.45) is 3.72. The van der Waals surface area contributed by atoms with Crippen molar-refractivity contribution < 1.29 is 0 Å². The van der Waals surface area contributed by atoms with Crippen LogP contribution in [0.15, 0.2) is 6.07 Å². The van der Waals surface area contributed by atoms with Crippen LogP contribution in [0.5, 0.6) is 0 Å². The largest absolute Gasteiger partial charge is 0.328 e. The molecule has 0 amide bonds. The average molecular weight is 238 g/mol. The van der Waals surface area contributed by atoms with Gasteiger partial charge in [0, 0.05) is 22.3 Å². The summed E-state index contributed by atoms with van der Waals surface area (Å²) in [6, 6.07) is 2.76. The predicted octanol–water partition coefficient (Wildman–Crippen LogP) is 2.58. The molecule has 0 bridgehead atoms. The van der Waals surface area contributed by atoms with Crippen molar-refractivity contribution in [2.24, 2.45) is 11.7 Å². The standard InChI is InChI=1S/C13H22N2S/c1-9-5-13(16-10(9)2)8-15-7-11-3-4-12(14)6-11/h5,11-12,15H,3-4,6-8,14H2,1-2H3. The zero-order valence-corrected chi connectivity index (χ0v) is 11.1. The summed E-state index contributed by atoms with van der Waals surface area (Å²) in [6.45, 7) is 6.53. The van der Waals surface area contributed by atoms with Gasteiger partial charge in [0.15, 0.2) is 0 Å². The van der Waals surface area contributed by atoms with E-state index in [0.29, 0.717) is 6.04 Å². The normalized spacial score (nSPS) is 25.2. The zero-order valence-electron chi connectivity index (χ0n) is 10.3. The molecule has 0 spiro atoms. The smallest absolute Gasteiger partial charge is 0.0300 e. The molecule has 2 unspecified atom stereocenters. The van der Waals surface area contributed by atoms with Gasteiger partial charge in [-0.3, -0.25) is 0 Å². The molecule has 1 aliphatic rings. The highest BCUT2D eigenvalue weighted by atomic mass is 32.1. The van der Waals surface area contributed by atoms with Crippen LogP contribution < -0.4 is 11.1 Å². The molecular formula is C13H22N2S. The van der Waals surface area contributed by atoms with Gasteiger partial charge < -0.3 is 11.1 Å². The van der Waals surface area contributed by atoms with Crippen molar-refractivity contribution in [3.8, 4) is 0 Å². The van der Waals surface area contributed by atoms with Crippen LogP contribution in [0.2, 0.25) is 0 Å². The van der Waals surface area contributed by atoms with E-state index < -0.39 is 0 Å². The van der Waals surface area contributed by atoms with E-state index >= 15 is 0 Å². The van der Waals surface area contributed by atoms with E-state index in [9.17, 15) is 0 Å². The lowest BCUT2D eigenvalue weighted by atomic mass is 10.1. The molecule has 1 fully saturated rings. The van der Waals surface area contributed by atoms with Crippen molar-refractivity contribution in [2.45, 2.75) is 45.7 Å². The summed E-state index contributed by atoms with van der Waals surface area (Å²) in [7, 11) is 0. The van der Waals surface area contributed by atoms with Gasteiger partial charge in [-0.1, -0.05) is 0 Å². The molecule has 1 heterocycles. The quantitative estimate of drug-likeness (QED) is 0.846. The van der Waals surface area contributed by atoms with Gasteiger partial charge in [0.2, 0.25) is 0 Å². The molecule has 2 nitrogen and oxygen atoms in total. The third-order valence-corrected chi connectivity index (χ3v) is 4.68. The van der Waals surface area contributed by atoms with Crippen LogP contribution in [0.3, 0.4) is 0 Å². The molecule has 0 aromatic carbocycles. The molecule has 2 rings (SSSR count). The Bertz CT molecular complexity index is 326. The van der Waals surface area contributed by atoms with E-state index in [2.05, 4.69) is 25.2 Å². The second-order valence-corrected chi connectivity index (χ2v) is 6.36. The Morgan fingerprint density at radius 2 is 2.25 bits per heavy atom. The van der Waals surface area contributed by atoms with Crippen LogP contribution in [-0.4, -0.2) is 12.6 Å². The monoisotopic (exact) mass is 238 g/mol. The van der Waals surface area contributed by atoms with E-state index in [4.69, 9.17) is 5.73 Å². The van der Waals surface area contributed by atoms with Gasteiger partial charge in [0.25, 0.3) is 0 Å². The number of nitrogens with two attached hydrogens (primary N) is 1. The Morgan fingerprint density at radius 1 is 1.44 bits per heavy atom. The maximum Gasteiger partial charge on any atom is 0.0300 e. The van der Waals surface area contributed by atoms with Crippen molar-refractivity contribution in [1.82, 2.24) is 5.32 Å². The second kappa shape index (κ2) is 5.30. The second-order valence-electron chi connectivity index (χ2n) is 5.02. The van der Waals surface area contributed by atoms with E-state index in [1.165, 1.54) is 34.6 Å². The number of thiophene rings is 1. The Balaban J connectivity index is 1.72. The molecule has 1 aromatic rings. The summed E-state index contributed by atoms with van der Waals surface area (Å²) in [4.78, 5) is 2.90. The molecule has 0 radical (unpaired) electrons. The number of hydrogen-bond donors (Lipinski definition) is 2. The van der Waals surface area contributed by atoms with Crippen LogP contribution in [0.4, 0.5) is 0 Å². The summed E-state index contributed by atoms with van der Waals surface area (Å²) < 4.78 is 0. The van der Waals surface area contributed by atoms with Crippen molar-refractivity contribution in [3.05, 3.63) is 21.4 Å². The van der Waals surface area contributed by atoms with Gasteiger partial charge in [-0.15, -0.1) is 11.3 Å². The molecule has 1 saturated carbocycles. The first kappa shape index (κ1) is 12.1. The lowest BCUT2D eigenvalue weighted by Crippen LogP contribution is -2.22. The van der Waals surface area contributed by atoms with Crippen LogP contribution in [0.1, 0.15) is 34.6 Å². The summed E-state index contributed by atoms with van der Waals surface area (Å²) in [5.41, 5.74) is 7.33. The van der Waals surface area contributed by atoms with E-state index in [0.717, 1.165) is 19.0 Å². The first-order chi connectivity index (χ1) is 7.65. The van der Waals surface area contributed by atoms with E-state index in [1.807, 2.05) is 11.3 Å². The fourth-order valence-corrected chi connectivity index (χ4v) is 3.46. The summed E-state index contributed by atoms with van der Waals surface area (Å²) in [5, 5.41) is 3.56. The lowest BCUT2D eigenvalue weighted by Gasteiger charge is -2.09. The topological polar surface area (TPSA) is 38.0 Å². The molecule has 0 saturated heterocycles. The van der Waals surface area contributed by atoms with Gasteiger partial charge >= 0.3 is 0 Å². The third-order valence-electron chi connectivity index (χ3n) is 3.53. The minimum absolute atomic E-state index is 0.457. The molecule has 0 aliphatic heterocycles. The Hall–Kier alpha value is -0.380. The van der Waals surface area contributed by atoms with Gasteiger partial charge in [-0.2, -0.15) is 0 Å². The van der Waals surface area contributed by atoms with E-state index in [1.54, 1.807) is 0 Å². The first-order valence-electron chi connectivity index (χ1n) is 6.17. The minimum atomic E-state index is 0.457. The predicted molar refractivity (Wildman–Crippen MR) is 70.8 cm³/mol. The highest BCUT2D eigenvalue weighted by Crippen LogP contribution is 2.24. The third kappa shape index (κ3) is 3.06. The van der Waals surface area contributed by atoms with Crippen LogP contribution in [-0.2, 0) is 6.54 Å². The van der Waals surface area contributed by atoms with Crippen LogP contribution in [0.25, 0.3) is 0 Å². The van der Waals surface area contributed by atoms with Gasteiger partial charge in [0.1, 0.15) is 0 Å². The number of hydrogen-bond acceptors (Lipinski definition) is 3. The van der Waals surface area contributed by atoms with Crippen molar-refractivity contribution in [2.75, 3.05) is 6.54 Å². The fraction of sp³-hybridized carbons (Fsp3) is 0.692. The maximum absolute atomic E-state index is 5.91. The molecule has 1 aromatic heterocycles. The number of nitrogens with one attached hydrogen (secondary N) is 1. The Labute approximate surface area is 102 Å².